The fourth-order valence-electron chi connectivity index (χ4n) is 3.22. The van der Waals surface area contributed by atoms with Crippen LogP contribution < -0.4 is 19.6 Å². The summed E-state index contributed by atoms with van der Waals surface area (Å²) in [6.45, 7) is 2.67. The lowest BCUT2D eigenvalue weighted by molar-refractivity contribution is -0.123. The van der Waals surface area contributed by atoms with Gasteiger partial charge in [0.2, 0.25) is 0 Å². The Kier molecular flexibility index (Phi) is 9.33. The van der Waals surface area contributed by atoms with Crippen molar-refractivity contribution in [3.63, 3.8) is 0 Å². The number of carbonyl (C=O) groups excluding carboxylic acids is 1. The van der Waals surface area contributed by atoms with E-state index < -0.39 is 0 Å². The Bertz CT molecular complexity index is 1050. The summed E-state index contributed by atoms with van der Waals surface area (Å²) in [6.07, 6.45) is 4.84. The molecule has 0 atom stereocenters. The molecule has 0 fully saturated rings. The zero-order chi connectivity index (χ0) is 23.3. The second-order valence-corrected chi connectivity index (χ2v) is 7.41. The molecule has 0 aliphatic carbocycles. The molecule has 0 bridgehead atoms. The van der Waals surface area contributed by atoms with Crippen LogP contribution in [0.25, 0.3) is 11.1 Å². The summed E-state index contributed by atoms with van der Waals surface area (Å²) in [5.41, 5.74) is 5.23. The number of ether oxygens (including phenoxy) is 3. The molecule has 3 rings (SSSR count). The van der Waals surface area contributed by atoms with Gasteiger partial charge in [-0.05, 0) is 41.8 Å². The minimum Gasteiger partial charge on any atom is -0.493 e. The lowest BCUT2D eigenvalue weighted by Gasteiger charge is -2.11. The highest BCUT2D eigenvalue weighted by atomic mass is 16.5. The highest BCUT2D eigenvalue weighted by Crippen LogP contribution is 2.29. The fraction of sp³-hybridized carbons (Fsp3) is 0.259. The van der Waals surface area contributed by atoms with Crippen LogP contribution in [0, 0.1) is 0 Å². The van der Waals surface area contributed by atoms with E-state index in [9.17, 15) is 4.79 Å². The number of nitrogens with zero attached hydrogens (tertiary/aromatic N) is 1. The van der Waals surface area contributed by atoms with Gasteiger partial charge in [-0.1, -0.05) is 68.3 Å². The smallest absolute Gasteiger partial charge is 0.277 e. The number of amides is 1. The Hall–Kier alpha value is -3.80. The van der Waals surface area contributed by atoms with Gasteiger partial charge in [-0.2, -0.15) is 5.10 Å². The van der Waals surface area contributed by atoms with Crippen molar-refractivity contribution in [2.75, 3.05) is 20.3 Å². The van der Waals surface area contributed by atoms with E-state index in [1.807, 2.05) is 72.8 Å². The molecule has 3 aromatic rings. The third kappa shape index (κ3) is 7.38. The Labute approximate surface area is 195 Å². The van der Waals surface area contributed by atoms with Crippen molar-refractivity contribution in [1.82, 2.24) is 5.43 Å². The second kappa shape index (κ2) is 12.9. The summed E-state index contributed by atoms with van der Waals surface area (Å²) in [4.78, 5) is 12.2. The largest absolute Gasteiger partial charge is 0.493 e. The molecular weight excluding hydrogens is 416 g/mol. The number of benzene rings is 3. The Balaban J connectivity index is 1.53. The van der Waals surface area contributed by atoms with Gasteiger partial charge in [0, 0.05) is 5.56 Å². The molecule has 0 spiro atoms. The van der Waals surface area contributed by atoms with Crippen molar-refractivity contribution in [1.29, 1.82) is 0 Å². The molecule has 1 amide bonds. The first-order valence-electron chi connectivity index (χ1n) is 11.1. The predicted molar refractivity (Wildman–Crippen MR) is 131 cm³/mol. The standard InChI is InChI=1S/C27H30N2O4/c1-3-4-10-17-32-25-16-15-21(18-26(25)31-2)19-28-29-27(30)20-33-24-14-9-8-13-23(24)22-11-6-5-7-12-22/h5-9,11-16,18-19H,3-4,10,17,20H2,1-2H3,(H,29,30)/b28-19+. The number of hydrazone groups is 1. The number of hydrogen-bond acceptors (Lipinski definition) is 5. The van der Waals surface area contributed by atoms with Crippen molar-refractivity contribution >= 4 is 12.1 Å². The molecule has 172 valence electrons. The molecule has 1 N–H and O–H groups in total. The van der Waals surface area contributed by atoms with Gasteiger partial charge in [-0.3, -0.25) is 4.79 Å². The van der Waals surface area contributed by atoms with Crippen LogP contribution in [0.3, 0.4) is 0 Å². The van der Waals surface area contributed by atoms with E-state index in [-0.39, 0.29) is 12.5 Å². The Morgan fingerprint density at radius 3 is 2.48 bits per heavy atom. The molecule has 0 saturated carbocycles. The van der Waals surface area contributed by atoms with Gasteiger partial charge in [-0.15, -0.1) is 0 Å². The molecule has 0 heterocycles. The summed E-state index contributed by atoms with van der Waals surface area (Å²) >= 11 is 0. The molecule has 33 heavy (non-hydrogen) atoms. The SMILES string of the molecule is CCCCCOc1ccc(/C=N/NC(=O)COc2ccccc2-c2ccccc2)cc1OC. The Morgan fingerprint density at radius 1 is 0.909 bits per heavy atom. The number of carbonyl (C=O) groups is 1. The van der Waals surface area contributed by atoms with Crippen molar-refractivity contribution < 1.29 is 19.0 Å². The third-order valence-corrected chi connectivity index (χ3v) is 4.93. The van der Waals surface area contributed by atoms with Crippen molar-refractivity contribution in [2.45, 2.75) is 26.2 Å². The minimum atomic E-state index is -0.350. The van der Waals surface area contributed by atoms with Crippen LogP contribution >= 0.6 is 0 Å². The molecule has 0 saturated heterocycles. The van der Waals surface area contributed by atoms with E-state index in [2.05, 4.69) is 17.5 Å². The van der Waals surface area contributed by atoms with Crippen LogP contribution in [0.1, 0.15) is 31.7 Å². The Morgan fingerprint density at radius 2 is 1.70 bits per heavy atom. The lowest BCUT2D eigenvalue weighted by atomic mass is 10.1. The average molecular weight is 447 g/mol. The first-order valence-corrected chi connectivity index (χ1v) is 11.1. The van der Waals surface area contributed by atoms with Gasteiger partial charge in [0.25, 0.3) is 5.91 Å². The lowest BCUT2D eigenvalue weighted by Crippen LogP contribution is -2.24. The van der Waals surface area contributed by atoms with E-state index in [1.54, 1.807) is 13.3 Å². The summed E-state index contributed by atoms with van der Waals surface area (Å²) in [7, 11) is 1.60. The fourth-order valence-corrected chi connectivity index (χ4v) is 3.22. The van der Waals surface area contributed by atoms with Gasteiger partial charge < -0.3 is 14.2 Å². The van der Waals surface area contributed by atoms with E-state index in [1.165, 1.54) is 0 Å². The van der Waals surface area contributed by atoms with Crippen molar-refractivity contribution in [3.05, 3.63) is 78.4 Å². The molecule has 6 heteroatoms. The van der Waals surface area contributed by atoms with E-state index in [4.69, 9.17) is 14.2 Å². The molecule has 0 radical (unpaired) electrons. The first-order chi connectivity index (χ1) is 16.2. The minimum absolute atomic E-state index is 0.144. The second-order valence-electron chi connectivity index (χ2n) is 7.41. The maximum absolute atomic E-state index is 12.2. The van der Waals surface area contributed by atoms with Gasteiger partial charge in [0.05, 0.1) is 19.9 Å². The molecule has 0 aliphatic heterocycles. The maximum Gasteiger partial charge on any atom is 0.277 e. The number of unbranched alkanes of at least 4 members (excludes halogenated alkanes) is 2. The monoisotopic (exact) mass is 446 g/mol. The maximum atomic E-state index is 12.2. The predicted octanol–water partition coefficient (Wildman–Crippen LogP) is 5.46. The van der Waals surface area contributed by atoms with Crippen LogP contribution in [0.4, 0.5) is 0 Å². The summed E-state index contributed by atoms with van der Waals surface area (Å²) in [5.74, 6) is 1.61. The van der Waals surface area contributed by atoms with Crippen LogP contribution in [0.2, 0.25) is 0 Å². The molecule has 6 nitrogen and oxygen atoms in total. The molecule has 0 aliphatic rings. The highest BCUT2D eigenvalue weighted by Gasteiger charge is 2.08. The number of rotatable bonds is 12. The van der Waals surface area contributed by atoms with Gasteiger partial charge in [-0.25, -0.2) is 5.43 Å². The molecule has 0 aromatic heterocycles. The van der Waals surface area contributed by atoms with Gasteiger partial charge >= 0.3 is 0 Å². The van der Waals surface area contributed by atoms with E-state index in [0.29, 0.717) is 23.9 Å². The summed E-state index contributed by atoms with van der Waals surface area (Å²) in [6, 6.07) is 23.0. The zero-order valence-electron chi connectivity index (χ0n) is 19.1. The van der Waals surface area contributed by atoms with E-state index >= 15 is 0 Å². The molecular formula is C27H30N2O4. The van der Waals surface area contributed by atoms with Gasteiger partial charge in [0.15, 0.2) is 18.1 Å². The normalized spacial score (nSPS) is 10.7. The topological polar surface area (TPSA) is 69.2 Å². The van der Waals surface area contributed by atoms with Crippen molar-refractivity contribution in [3.8, 4) is 28.4 Å². The van der Waals surface area contributed by atoms with Crippen molar-refractivity contribution in [2.24, 2.45) is 5.10 Å². The van der Waals surface area contributed by atoms with Crippen LogP contribution in [-0.2, 0) is 4.79 Å². The van der Waals surface area contributed by atoms with Crippen LogP contribution in [0.5, 0.6) is 17.2 Å². The molecule has 3 aromatic carbocycles. The number of methoxy groups -OCH3 is 1. The third-order valence-electron chi connectivity index (χ3n) is 4.93. The average Bonchev–Trinajstić information content (AvgIpc) is 2.86. The van der Waals surface area contributed by atoms with Gasteiger partial charge in [0.1, 0.15) is 5.75 Å². The highest BCUT2D eigenvalue weighted by molar-refractivity contribution is 5.84. The summed E-state index contributed by atoms with van der Waals surface area (Å²) < 4.78 is 16.9. The molecule has 0 unspecified atom stereocenters. The van der Waals surface area contributed by atoms with Crippen LogP contribution in [0.15, 0.2) is 77.9 Å². The number of para-hydroxylation sites is 1. The first kappa shape index (κ1) is 23.9. The summed E-state index contributed by atoms with van der Waals surface area (Å²) in [5, 5.41) is 4.03. The van der Waals surface area contributed by atoms with Crippen LogP contribution in [-0.4, -0.2) is 32.4 Å². The zero-order valence-corrected chi connectivity index (χ0v) is 19.1. The number of hydrogen-bond donors (Lipinski definition) is 1. The van der Waals surface area contributed by atoms with E-state index in [0.717, 1.165) is 36.0 Å². The quantitative estimate of drug-likeness (QED) is 0.228. The number of nitrogens with one attached hydrogen (secondary N) is 1.